The summed E-state index contributed by atoms with van der Waals surface area (Å²) >= 11 is 12.1. The molecular formula is C25H27Cl2N3O4S. The summed E-state index contributed by atoms with van der Waals surface area (Å²) in [5, 5.41) is 10.9. The fourth-order valence-corrected chi connectivity index (χ4v) is 5.67. The van der Waals surface area contributed by atoms with Gasteiger partial charge in [0, 0.05) is 23.3 Å². The maximum atomic E-state index is 11.4. The lowest BCUT2D eigenvalue weighted by Crippen LogP contribution is -2.37. The lowest BCUT2D eigenvalue weighted by molar-refractivity contribution is 0.197. The normalized spacial score (nSPS) is 18.3. The van der Waals surface area contributed by atoms with Crippen LogP contribution in [0.4, 0.5) is 0 Å². The van der Waals surface area contributed by atoms with Crippen molar-refractivity contribution in [2.45, 2.75) is 31.7 Å². The SMILES string of the molecule is CS(=O)(=O)N[C@H]1CC[C@H](COc2ccc3c(ccn3-c3cc(Cl)c(OCCCl)c(C#N)c3)c2)CC1. The van der Waals surface area contributed by atoms with E-state index in [1.807, 2.05) is 35.0 Å². The van der Waals surface area contributed by atoms with Crippen LogP contribution in [0, 0.1) is 17.2 Å². The van der Waals surface area contributed by atoms with Crippen molar-refractivity contribution in [3.8, 4) is 23.3 Å². The van der Waals surface area contributed by atoms with E-state index in [-0.39, 0.29) is 12.6 Å². The maximum absolute atomic E-state index is 11.4. The Kier molecular flexibility index (Phi) is 8.12. The van der Waals surface area contributed by atoms with E-state index in [2.05, 4.69) is 10.8 Å². The van der Waals surface area contributed by atoms with Crippen molar-refractivity contribution in [1.29, 1.82) is 5.26 Å². The zero-order valence-electron chi connectivity index (χ0n) is 19.3. The number of nitriles is 1. The molecule has 1 aliphatic carbocycles. The third-order valence-corrected chi connectivity index (χ3v) is 7.32. The Morgan fingerprint density at radius 1 is 1.14 bits per heavy atom. The third kappa shape index (κ3) is 6.42. The van der Waals surface area contributed by atoms with E-state index in [0.717, 1.165) is 48.0 Å². The molecule has 0 unspecified atom stereocenters. The highest BCUT2D eigenvalue weighted by molar-refractivity contribution is 7.88. The van der Waals surface area contributed by atoms with Gasteiger partial charge < -0.3 is 14.0 Å². The highest BCUT2D eigenvalue weighted by Crippen LogP contribution is 2.34. The minimum absolute atomic E-state index is 0.0216. The molecule has 0 atom stereocenters. The summed E-state index contributed by atoms with van der Waals surface area (Å²) in [6.07, 6.45) is 6.64. The zero-order valence-corrected chi connectivity index (χ0v) is 21.7. The van der Waals surface area contributed by atoms with Crippen molar-refractivity contribution in [3.63, 3.8) is 0 Å². The van der Waals surface area contributed by atoms with Crippen LogP contribution >= 0.6 is 23.2 Å². The first-order chi connectivity index (χ1) is 16.8. The molecule has 0 amide bonds. The first kappa shape index (κ1) is 25.6. The van der Waals surface area contributed by atoms with Crippen LogP contribution < -0.4 is 14.2 Å². The standard InChI is InChI=1S/C25H27Cl2N3O4S/c1-35(31,32)29-20-4-2-17(3-5-20)16-34-22-6-7-24-18(13-22)8-10-30(24)21-12-19(15-28)25(23(27)14-21)33-11-9-26/h6-8,10,12-14,17,20,29H,2-5,9,11,16H2,1H3/t17-,20-. The quantitative estimate of drug-likeness (QED) is 0.377. The smallest absolute Gasteiger partial charge is 0.208 e. The van der Waals surface area contributed by atoms with E-state index in [4.69, 9.17) is 32.7 Å². The fraction of sp³-hybridized carbons (Fsp3) is 0.400. The fourth-order valence-electron chi connectivity index (χ4n) is 4.49. The van der Waals surface area contributed by atoms with E-state index in [9.17, 15) is 13.7 Å². The molecule has 186 valence electrons. The largest absolute Gasteiger partial charge is 0.493 e. The maximum Gasteiger partial charge on any atom is 0.208 e. The lowest BCUT2D eigenvalue weighted by atomic mass is 9.87. The second-order valence-corrected chi connectivity index (χ2v) is 11.3. The Hall–Kier alpha value is -2.44. The minimum atomic E-state index is -3.17. The van der Waals surface area contributed by atoms with Crippen LogP contribution in [0.15, 0.2) is 42.6 Å². The number of hydrogen-bond acceptors (Lipinski definition) is 5. The molecule has 0 spiro atoms. The first-order valence-corrected chi connectivity index (χ1v) is 14.2. The molecule has 35 heavy (non-hydrogen) atoms. The van der Waals surface area contributed by atoms with Gasteiger partial charge in [0.1, 0.15) is 18.4 Å². The monoisotopic (exact) mass is 535 g/mol. The zero-order chi connectivity index (χ0) is 25.0. The van der Waals surface area contributed by atoms with Gasteiger partial charge in [0.05, 0.1) is 34.8 Å². The number of ether oxygens (including phenoxy) is 2. The molecule has 1 aromatic heterocycles. The molecule has 1 N–H and O–H groups in total. The average molecular weight is 536 g/mol. The van der Waals surface area contributed by atoms with E-state index >= 15 is 0 Å². The predicted molar refractivity (Wildman–Crippen MR) is 138 cm³/mol. The molecular weight excluding hydrogens is 509 g/mol. The van der Waals surface area contributed by atoms with Gasteiger partial charge in [-0.2, -0.15) is 5.26 Å². The van der Waals surface area contributed by atoms with Crippen LogP contribution in [0.1, 0.15) is 31.2 Å². The Balaban J connectivity index is 1.44. The summed E-state index contributed by atoms with van der Waals surface area (Å²) in [6, 6.07) is 13.6. The van der Waals surface area contributed by atoms with Crippen LogP contribution in [0.25, 0.3) is 16.6 Å². The molecule has 1 fully saturated rings. The molecule has 2 aromatic carbocycles. The van der Waals surface area contributed by atoms with Crippen molar-refractivity contribution in [2.75, 3.05) is 25.3 Å². The number of hydrogen-bond donors (Lipinski definition) is 1. The number of nitrogens with one attached hydrogen (secondary N) is 1. The first-order valence-electron chi connectivity index (χ1n) is 11.4. The van der Waals surface area contributed by atoms with E-state index in [0.29, 0.717) is 34.7 Å². The highest BCUT2D eigenvalue weighted by atomic mass is 35.5. The van der Waals surface area contributed by atoms with Crippen LogP contribution in [0.2, 0.25) is 5.02 Å². The van der Waals surface area contributed by atoms with Crippen molar-refractivity contribution >= 4 is 44.1 Å². The van der Waals surface area contributed by atoms with Crippen LogP contribution in [0.3, 0.4) is 0 Å². The van der Waals surface area contributed by atoms with Gasteiger partial charge in [0.2, 0.25) is 10.0 Å². The van der Waals surface area contributed by atoms with Crippen molar-refractivity contribution in [1.82, 2.24) is 9.29 Å². The number of rotatable bonds is 9. The van der Waals surface area contributed by atoms with Crippen LogP contribution in [-0.4, -0.2) is 44.4 Å². The molecule has 1 aliphatic rings. The molecule has 0 saturated heterocycles. The summed E-state index contributed by atoms with van der Waals surface area (Å²) in [4.78, 5) is 0. The van der Waals surface area contributed by atoms with Gasteiger partial charge >= 0.3 is 0 Å². The molecule has 10 heteroatoms. The molecule has 1 heterocycles. The minimum Gasteiger partial charge on any atom is -0.493 e. The number of aromatic nitrogens is 1. The molecule has 1 saturated carbocycles. The van der Waals surface area contributed by atoms with Gasteiger partial charge in [0.25, 0.3) is 0 Å². The van der Waals surface area contributed by atoms with Gasteiger partial charge in [-0.15, -0.1) is 11.6 Å². The summed E-state index contributed by atoms with van der Waals surface area (Å²) in [6.45, 7) is 0.867. The second-order valence-electron chi connectivity index (χ2n) is 8.78. The summed E-state index contributed by atoms with van der Waals surface area (Å²) in [5.41, 5.74) is 2.06. The van der Waals surface area contributed by atoms with E-state index in [1.165, 1.54) is 6.26 Å². The van der Waals surface area contributed by atoms with E-state index in [1.54, 1.807) is 12.1 Å². The summed E-state index contributed by atoms with van der Waals surface area (Å²) < 4.78 is 39.1. The number of halogens is 2. The van der Waals surface area contributed by atoms with Gasteiger partial charge in [-0.3, -0.25) is 0 Å². The van der Waals surface area contributed by atoms with Gasteiger partial charge in [-0.05, 0) is 68.0 Å². The van der Waals surface area contributed by atoms with Crippen LogP contribution in [0.5, 0.6) is 11.5 Å². The molecule has 0 bridgehead atoms. The number of nitrogens with zero attached hydrogens (tertiary/aromatic N) is 2. The number of alkyl halides is 1. The van der Waals surface area contributed by atoms with Crippen molar-refractivity contribution in [2.24, 2.45) is 5.92 Å². The molecule has 4 rings (SSSR count). The highest BCUT2D eigenvalue weighted by Gasteiger charge is 2.23. The summed E-state index contributed by atoms with van der Waals surface area (Å²) in [7, 11) is -3.17. The molecule has 0 aliphatic heterocycles. The van der Waals surface area contributed by atoms with Crippen molar-refractivity contribution < 1.29 is 17.9 Å². The average Bonchev–Trinajstić information content (AvgIpc) is 3.25. The lowest BCUT2D eigenvalue weighted by Gasteiger charge is -2.28. The van der Waals surface area contributed by atoms with Crippen molar-refractivity contribution in [3.05, 3.63) is 53.2 Å². The van der Waals surface area contributed by atoms with Gasteiger partial charge in [-0.1, -0.05) is 11.6 Å². The topological polar surface area (TPSA) is 93.3 Å². The second kappa shape index (κ2) is 11.1. The molecule has 3 aromatic rings. The van der Waals surface area contributed by atoms with E-state index < -0.39 is 10.0 Å². The Morgan fingerprint density at radius 2 is 1.91 bits per heavy atom. The van der Waals surface area contributed by atoms with Crippen LogP contribution in [-0.2, 0) is 10.0 Å². The third-order valence-electron chi connectivity index (χ3n) is 6.13. The number of benzene rings is 2. The molecule has 7 nitrogen and oxygen atoms in total. The summed E-state index contributed by atoms with van der Waals surface area (Å²) in [5.74, 6) is 1.83. The van der Waals surface area contributed by atoms with Gasteiger partial charge in [0.15, 0.2) is 5.75 Å². The Morgan fingerprint density at radius 3 is 2.60 bits per heavy atom. The van der Waals surface area contributed by atoms with Gasteiger partial charge in [-0.25, -0.2) is 13.1 Å². The Labute approximate surface area is 215 Å². The predicted octanol–water partition coefficient (Wildman–Crippen LogP) is 5.26. The number of fused-ring (bicyclic) bond motifs is 1. The number of sulfonamides is 1. The molecule has 0 radical (unpaired) electrons. The Bertz CT molecular complexity index is 1340.